The number of hydrogen-bond acceptors (Lipinski definition) is 4. The minimum Gasteiger partial charge on any atom is -0.327 e. The third-order valence-electron chi connectivity index (χ3n) is 2.24. The van der Waals surface area contributed by atoms with Gasteiger partial charge in [-0.1, -0.05) is 29.4 Å². The van der Waals surface area contributed by atoms with Gasteiger partial charge in [0.15, 0.2) is 0 Å². The molecule has 90 valence electrons. The average Bonchev–Trinajstić information content (AvgIpc) is 2.73. The summed E-state index contributed by atoms with van der Waals surface area (Å²) in [7, 11) is 0. The fourth-order valence-electron chi connectivity index (χ4n) is 1.45. The molecule has 0 fully saturated rings. The van der Waals surface area contributed by atoms with Gasteiger partial charge < -0.3 is 5.73 Å². The molecule has 2 nitrogen and oxygen atoms in total. The molecule has 2 atom stereocenters. The minimum absolute atomic E-state index is 0.0525. The topological polar surface area (TPSA) is 38.9 Å². The highest BCUT2D eigenvalue weighted by molar-refractivity contribution is 7.99. The number of aromatic nitrogens is 1. The lowest BCUT2D eigenvalue weighted by Crippen LogP contribution is -2.21. The molecule has 2 aromatic heterocycles. The molecule has 0 aliphatic heterocycles. The van der Waals surface area contributed by atoms with Crippen LogP contribution in [0.4, 0.5) is 0 Å². The predicted molar refractivity (Wildman–Crippen MR) is 75.8 cm³/mol. The van der Waals surface area contributed by atoms with E-state index in [0.717, 1.165) is 9.36 Å². The Bertz CT molecular complexity index is 470. The van der Waals surface area contributed by atoms with Gasteiger partial charge in [-0.2, -0.15) is 0 Å². The molecule has 0 saturated heterocycles. The first-order valence-electron chi connectivity index (χ1n) is 5.25. The largest absolute Gasteiger partial charge is 0.327 e. The number of nitrogens with zero attached hydrogens (tertiary/aromatic N) is 1. The lowest BCUT2D eigenvalue weighted by Gasteiger charge is -2.18. The number of pyridine rings is 1. The van der Waals surface area contributed by atoms with Crippen molar-refractivity contribution in [2.45, 2.75) is 23.2 Å². The highest BCUT2D eigenvalue weighted by atomic mass is 35.5. The van der Waals surface area contributed by atoms with Crippen LogP contribution in [0.25, 0.3) is 0 Å². The number of thiophene rings is 1. The van der Waals surface area contributed by atoms with Gasteiger partial charge in [0.2, 0.25) is 0 Å². The van der Waals surface area contributed by atoms with Gasteiger partial charge in [-0.15, -0.1) is 11.3 Å². The van der Waals surface area contributed by atoms with Crippen molar-refractivity contribution < 1.29 is 0 Å². The van der Waals surface area contributed by atoms with Crippen LogP contribution >= 0.6 is 34.7 Å². The van der Waals surface area contributed by atoms with Crippen LogP contribution in [0.2, 0.25) is 4.34 Å². The summed E-state index contributed by atoms with van der Waals surface area (Å²) < 4.78 is 0.798. The Kier molecular flexibility index (Phi) is 4.45. The normalized spacial score (nSPS) is 14.5. The summed E-state index contributed by atoms with van der Waals surface area (Å²) in [6.45, 7) is 2.01. The molecule has 2 aromatic rings. The van der Waals surface area contributed by atoms with Crippen molar-refractivity contribution in [2.75, 3.05) is 0 Å². The van der Waals surface area contributed by atoms with Crippen molar-refractivity contribution in [3.05, 3.63) is 45.7 Å². The summed E-state index contributed by atoms with van der Waals surface area (Å²) in [5, 5.41) is 1.18. The molecule has 0 aliphatic rings. The molecule has 0 radical (unpaired) electrons. The third kappa shape index (κ3) is 3.45. The van der Waals surface area contributed by atoms with Crippen molar-refractivity contribution in [3.8, 4) is 0 Å². The predicted octanol–water partition coefficient (Wildman–Crippen LogP) is 3.98. The molecule has 2 N–H and O–H groups in total. The van der Waals surface area contributed by atoms with E-state index in [1.54, 1.807) is 29.3 Å². The molecule has 0 spiro atoms. The Balaban J connectivity index is 2.19. The van der Waals surface area contributed by atoms with Crippen LogP contribution in [-0.4, -0.2) is 11.0 Å². The van der Waals surface area contributed by atoms with E-state index in [1.165, 1.54) is 4.88 Å². The zero-order valence-corrected chi connectivity index (χ0v) is 11.7. The van der Waals surface area contributed by atoms with Crippen molar-refractivity contribution in [2.24, 2.45) is 5.73 Å². The van der Waals surface area contributed by atoms with Gasteiger partial charge in [-0.25, -0.2) is 4.98 Å². The van der Waals surface area contributed by atoms with E-state index in [4.69, 9.17) is 17.3 Å². The standard InChI is InChI=1S/C12H13ClN2S2/c1-8(14)12(9-5-6-10(13)16-9)17-11-4-2-3-7-15-11/h2-8,12H,14H2,1H3. The van der Waals surface area contributed by atoms with Crippen molar-refractivity contribution >= 4 is 34.7 Å². The highest BCUT2D eigenvalue weighted by Crippen LogP contribution is 2.40. The van der Waals surface area contributed by atoms with Gasteiger partial charge in [0.25, 0.3) is 0 Å². The van der Waals surface area contributed by atoms with E-state index >= 15 is 0 Å². The molecule has 0 amide bonds. The van der Waals surface area contributed by atoms with Crippen LogP contribution in [0.3, 0.4) is 0 Å². The van der Waals surface area contributed by atoms with E-state index in [-0.39, 0.29) is 11.3 Å². The number of hydrogen-bond donors (Lipinski definition) is 1. The van der Waals surface area contributed by atoms with Crippen LogP contribution < -0.4 is 5.73 Å². The molecule has 2 unspecified atom stereocenters. The Morgan fingerprint density at radius 1 is 1.35 bits per heavy atom. The Labute approximate surface area is 114 Å². The Morgan fingerprint density at radius 2 is 2.18 bits per heavy atom. The van der Waals surface area contributed by atoms with Crippen molar-refractivity contribution in [1.82, 2.24) is 4.98 Å². The van der Waals surface area contributed by atoms with E-state index in [1.807, 2.05) is 37.3 Å². The van der Waals surface area contributed by atoms with Gasteiger partial charge >= 0.3 is 0 Å². The maximum Gasteiger partial charge on any atom is 0.0966 e. The van der Waals surface area contributed by atoms with Crippen LogP contribution in [0.1, 0.15) is 17.1 Å². The number of halogens is 1. The monoisotopic (exact) mass is 284 g/mol. The summed E-state index contributed by atoms with van der Waals surface area (Å²) >= 11 is 9.22. The molecule has 0 bridgehead atoms. The van der Waals surface area contributed by atoms with Gasteiger partial charge in [0, 0.05) is 17.1 Å². The van der Waals surface area contributed by atoms with Gasteiger partial charge in [0.1, 0.15) is 0 Å². The quantitative estimate of drug-likeness (QED) is 0.863. The second-order valence-corrected chi connectivity index (χ2v) is 6.62. The van der Waals surface area contributed by atoms with Crippen LogP contribution in [-0.2, 0) is 0 Å². The first-order valence-corrected chi connectivity index (χ1v) is 7.33. The van der Waals surface area contributed by atoms with Gasteiger partial charge in [0.05, 0.1) is 14.6 Å². The summed E-state index contributed by atoms with van der Waals surface area (Å²) in [5.41, 5.74) is 6.04. The highest BCUT2D eigenvalue weighted by Gasteiger charge is 2.20. The van der Waals surface area contributed by atoms with Crippen LogP contribution in [0.15, 0.2) is 41.6 Å². The Hall–Kier alpha value is -0.550. The summed E-state index contributed by atoms with van der Waals surface area (Å²) in [6.07, 6.45) is 1.79. The number of nitrogens with two attached hydrogens (primary N) is 1. The average molecular weight is 285 g/mol. The van der Waals surface area contributed by atoms with Crippen molar-refractivity contribution in [1.29, 1.82) is 0 Å². The zero-order valence-electron chi connectivity index (χ0n) is 9.34. The molecule has 0 aromatic carbocycles. The summed E-state index contributed by atoms with van der Waals surface area (Å²) in [6, 6.07) is 9.89. The molecule has 2 rings (SSSR count). The smallest absolute Gasteiger partial charge is 0.0966 e. The molecular weight excluding hydrogens is 272 g/mol. The molecular formula is C12H13ClN2S2. The first-order chi connectivity index (χ1) is 8.16. The van der Waals surface area contributed by atoms with Gasteiger partial charge in [-0.05, 0) is 31.2 Å². The lowest BCUT2D eigenvalue weighted by atomic mass is 10.2. The zero-order chi connectivity index (χ0) is 12.3. The summed E-state index contributed by atoms with van der Waals surface area (Å²) in [5.74, 6) is 0. The molecule has 0 saturated carbocycles. The van der Waals surface area contributed by atoms with Crippen LogP contribution in [0, 0.1) is 0 Å². The van der Waals surface area contributed by atoms with E-state index in [0.29, 0.717) is 0 Å². The van der Waals surface area contributed by atoms with E-state index in [2.05, 4.69) is 4.98 Å². The van der Waals surface area contributed by atoms with E-state index in [9.17, 15) is 0 Å². The first kappa shape index (κ1) is 12.9. The Morgan fingerprint density at radius 3 is 2.71 bits per heavy atom. The second kappa shape index (κ2) is 5.87. The molecule has 2 heterocycles. The maximum absolute atomic E-state index is 6.04. The number of thioether (sulfide) groups is 1. The molecule has 17 heavy (non-hydrogen) atoms. The van der Waals surface area contributed by atoms with Crippen molar-refractivity contribution in [3.63, 3.8) is 0 Å². The summed E-state index contributed by atoms with van der Waals surface area (Å²) in [4.78, 5) is 5.51. The van der Waals surface area contributed by atoms with Gasteiger partial charge in [-0.3, -0.25) is 0 Å². The lowest BCUT2D eigenvalue weighted by molar-refractivity contribution is 0.728. The molecule has 5 heteroatoms. The fourth-order valence-corrected chi connectivity index (χ4v) is 3.85. The SMILES string of the molecule is CC(N)C(Sc1ccccn1)c1ccc(Cl)s1. The molecule has 0 aliphatic carbocycles. The van der Waals surface area contributed by atoms with Crippen LogP contribution in [0.5, 0.6) is 0 Å². The van der Waals surface area contributed by atoms with E-state index < -0.39 is 0 Å². The second-order valence-electron chi connectivity index (χ2n) is 3.71. The third-order valence-corrected chi connectivity index (χ3v) is 5.12. The fraction of sp³-hybridized carbons (Fsp3) is 0.250. The number of rotatable bonds is 4. The minimum atomic E-state index is 0.0525. The maximum atomic E-state index is 6.04.